The summed E-state index contributed by atoms with van der Waals surface area (Å²) in [4.78, 5) is 0. The minimum atomic E-state index is -0.742. The average molecular weight is 343 g/mol. The van der Waals surface area contributed by atoms with Crippen molar-refractivity contribution in [1.29, 1.82) is 0 Å². The van der Waals surface area contributed by atoms with Crippen molar-refractivity contribution in [2.75, 3.05) is 13.1 Å². The molecule has 25 heavy (non-hydrogen) atoms. The van der Waals surface area contributed by atoms with E-state index in [9.17, 15) is 15.3 Å². The van der Waals surface area contributed by atoms with Gasteiger partial charge in [0.15, 0.2) is 0 Å². The number of ether oxygens (including phenoxy) is 1. The average Bonchev–Trinajstić information content (AvgIpc) is 3.11. The zero-order chi connectivity index (χ0) is 17.6. The van der Waals surface area contributed by atoms with Crippen LogP contribution in [0.5, 0.6) is 5.75 Å². The Balaban J connectivity index is 1.47. The number of hydrogen-bond donors (Lipinski definition) is 4. The Morgan fingerprint density at radius 2 is 1.92 bits per heavy atom. The molecule has 0 saturated carbocycles. The molecule has 1 aliphatic heterocycles. The van der Waals surface area contributed by atoms with E-state index in [2.05, 4.69) is 17.4 Å². The van der Waals surface area contributed by atoms with E-state index < -0.39 is 6.10 Å². The summed E-state index contributed by atoms with van der Waals surface area (Å²) in [7, 11) is 0. The maximum Gasteiger partial charge on any atom is 0.115 e. The van der Waals surface area contributed by atoms with Crippen molar-refractivity contribution in [1.82, 2.24) is 5.32 Å². The monoisotopic (exact) mass is 343 g/mol. The van der Waals surface area contributed by atoms with E-state index in [-0.39, 0.29) is 24.6 Å². The smallest absolute Gasteiger partial charge is 0.115 e. The summed E-state index contributed by atoms with van der Waals surface area (Å²) < 4.78 is 6.08. The number of aromatic hydroxyl groups is 1. The van der Waals surface area contributed by atoms with E-state index in [0.717, 1.165) is 12.8 Å². The number of benzene rings is 2. The highest BCUT2D eigenvalue weighted by atomic mass is 16.5. The van der Waals surface area contributed by atoms with Gasteiger partial charge in [-0.05, 0) is 41.7 Å². The van der Waals surface area contributed by atoms with Crippen LogP contribution in [-0.4, -0.2) is 34.5 Å². The standard InChI is InChI=1S/C20H25NO4/c22-13-15-10-16(23)6-8-18(15)19(24)12-21-11-17-7-9-20(25-17)14-4-2-1-3-5-14/h1-6,8,10,17,19-24H,7,9,11-13H2. The number of aliphatic hydroxyl groups is 2. The van der Waals surface area contributed by atoms with Crippen LogP contribution in [0.4, 0.5) is 0 Å². The van der Waals surface area contributed by atoms with Crippen molar-refractivity contribution in [3.8, 4) is 5.75 Å². The lowest BCUT2D eigenvalue weighted by Crippen LogP contribution is -2.30. The van der Waals surface area contributed by atoms with Crippen LogP contribution in [0, 0.1) is 0 Å². The first-order chi connectivity index (χ1) is 12.2. The van der Waals surface area contributed by atoms with Gasteiger partial charge in [-0.25, -0.2) is 0 Å². The van der Waals surface area contributed by atoms with Crippen molar-refractivity contribution in [2.24, 2.45) is 0 Å². The third-order valence-electron chi connectivity index (χ3n) is 4.64. The Morgan fingerprint density at radius 1 is 1.12 bits per heavy atom. The molecule has 134 valence electrons. The molecule has 1 heterocycles. The van der Waals surface area contributed by atoms with E-state index in [1.807, 2.05) is 18.2 Å². The van der Waals surface area contributed by atoms with Crippen LogP contribution in [0.15, 0.2) is 48.5 Å². The normalized spacial score (nSPS) is 21.4. The predicted molar refractivity (Wildman–Crippen MR) is 95.1 cm³/mol. The van der Waals surface area contributed by atoms with Crippen LogP contribution in [0.2, 0.25) is 0 Å². The van der Waals surface area contributed by atoms with E-state index in [1.54, 1.807) is 6.07 Å². The molecule has 3 rings (SSSR count). The Morgan fingerprint density at radius 3 is 2.68 bits per heavy atom. The molecule has 1 saturated heterocycles. The minimum Gasteiger partial charge on any atom is -0.508 e. The summed E-state index contributed by atoms with van der Waals surface area (Å²) in [5, 5.41) is 32.4. The molecule has 2 aromatic rings. The Labute approximate surface area is 147 Å². The highest BCUT2D eigenvalue weighted by molar-refractivity contribution is 5.36. The molecule has 1 fully saturated rings. The SMILES string of the molecule is OCc1cc(O)ccc1C(O)CNCC1CCC(c2ccccc2)O1. The van der Waals surface area contributed by atoms with Crippen LogP contribution in [0.25, 0.3) is 0 Å². The summed E-state index contributed by atoms with van der Waals surface area (Å²) in [5.74, 6) is 0.0827. The summed E-state index contributed by atoms with van der Waals surface area (Å²) in [5.41, 5.74) is 2.37. The first kappa shape index (κ1) is 17.9. The second-order valence-electron chi connectivity index (χ2n) is 6.45. The first-order valence-corrected chi connectivity index (χ1v) is 8.69. The van der Waals surface area contributed by atoms with Crippen LogP contribution in [0.3, 0.4) is 0 Å². The van der Waals surface area contributed by atoms with Crippen molar-refractivity contribution in [2.45, 2.75) is 37.8 Å². The fraction of sp³-hybridized carbons (Fsp3) is 0.400. The van der Waals surface area contributed by atoms with Crippen molar-refractivity contribution in [3.05, 3.63) is 65.2 Å². The summed E-state index contributed by atoms with van der Waals surface area (Å²) in [6.07, 6.45) is 1.54. The molecular formula is C20H25NO4. The molecule has 1 aliphatic rings. The molecule has 0 spiro atoms. The van der Waals surface area contributed by atoms with Crippen molar-refractivity contribution < 1.29 is 20.1 Å². The van der Waals surface area contributed by atoms with Gasteiger partial charge in [-0.2, -0.15) is 0 Å². The number of nitrogens with one attached hydrogen (secondary N) is 1. The molecule has 5 heteroatoms. The Hall–Kier alpha value is -1.92. The molecule has 0 radical (unpaired) electrons. The maximum absolute atomic E-state index is 10.3. The zero-order valence-electron chi connectivity index (χ0n) is 14.1. The maximum atomic E-state index is 10.3. The molecule has 0 aliphatic carbocycles. The van der Waals surface area contributed by atoms with Crippen LogP contribution in [0.1, 0.15) is 41.7 Å². The number of hydrogen-bond acceptors (Lipinski definition) is 5. The third-order valence-corrected chi connectivity index (χ3v) is 4.64. The quantitative estimate of drug-likeness (QED) is 0.621. The van der Waals surface area contributed by atoms with Gasteiger partial charge in [-0.15, -0.1) is 0 Å². The second kappa shape index (κ2) is 8.45. The third kappa shape index (κ3) is 4.58. The predicted octanol–water partition coefficient (Wildman–Crippen LogP) is 2.43. The number of rotatable bonds is 7. The molecule has 3 atom stereocenters. The van der Waals surface area contributed by atoms with Gasteiger partial charge in [0, 0.05) is 13.1 Å². The molecule has 0 aromatic heterocycles. The fourth-order valence-electron chi connectivity index (χ4n) is 3.31. The molecule has 5 nitrogen and oxygen atoms in total. The highest BCUT2D eigenvalue weighted by Crippen LogP contribution is 2.32. The first-order valence-electron chi connectivity index (χ1n) is 8.69. The fourth-order valence-corrected chi connectivity index (χ4v) is 3.31. The molecule has 4 N–H and O–H groups in total. The largest absolute Gasteiger partial charge is 0.508 e. The number of aliphatic hydroxyl groups excluding tert-OH is 2. The van der Waals surface area contributed by atoms with Gasteiger partial charge >= 0.3 is 0 Å². The molecule has 2 aromatic carbocycles. The number of phenolic OH excluding ortho intramolecular Hbond substituents is 1. The Kier molecular flexibility index (Phi) is 6.04. The minimum absolute atomic E-state index is 0.0827. The molecule has 0 amide bonds. The van der Waals surface area contributed by atoms with E-state index in [1.165, 1.54) is 17.7 Å². The summed E-state index contributed by atoms with van der Waals surface area (Å²) in [6.45, 7) is 0.825. The van der Waals surface area contributed by atoms with Crippen LogP contribution >= 0.6 is 0 Å². The second-order valence-corrected chi connectivity index (χ2v) is 6.45. The van der Waals surface area contributed by atoms with E-state index in [4.69, 9.17) is 4.74 Å². The van der Waals surface area contributed by atoms with Crippen LogP contribution in [-0.2, 0) is 11.3 Å². The van der Waals surface area contributed by atoms with Crippen LogP contribution < -0.4 is 5.32 Å². The van der Waals surface area contributed by atoms with Gasteiger partial charge in [-0.1, -0.05) is 36.4 Å². The molecule has 3 unspecified atom stereocenters. The van der Waals surface area contributed by atoms with E-state index in [0.29, 0.717) is 24.2 Å². The van der Waals surface area contributed by atoms with Gasteiger partial charge in [-0.3, -0.25) is 0 Å². The number of phenols is 1. The topological polar surface area (TPSA) is 82.0 Å². The van der Waals surface area contributed by atoms with Gasteiger partial charge < -0.3 is 25.4 Å². The van der Waals surface area contributed by atoms with Gasteiger partial charge in [0.05, 0.1) is 24.9 Å². The van der Waals surface area contributed by atoms with Crippen molar-refractivity contribution in [3.63, 3.8) is 0 Å². The molecule has 0 bridgehead atoms. The van der Waals surface area contributed by atoms with Crippen molar-refractivity contribution >= 4 is 0 Å². The van der Waals surface area contributed by atoms with E-state index >= 15 is 0 Å². The van der Waals surface area contributed by atoms with Gasteiger partial charge in [0.2, 0.25) is 0 Å². The zero-order valence-corrected chi connectivity index (χ0v) is 14.1. The van der Waals surface area contributed by atoms with Gasteiger partial charge in [0.25, 0.3) is 0 Å². The van der Waals surface area contributed by atoms with Gasteiger partial charge in [0.1, 0.15) is 5.75 Å². The lowest BCUT2D eigenvalue weighted by atomic mass is 10.0. The highest BCUT2D eigenvalue weighted by Gasteiger charge is 2.26. The lowest BCUT2D eigenvalue weighted by Gasteiger charge is -2.18. The summed E-state index contributed by atoms with van der Waals surface area (Å²) >= 11 is 0. The molecular weight excluding hydrogens is 318 g/mol. The Bertz CT molecular complexity index is 677. The summed E-state index contributed by atoms with van der Waals surface area (Å²) in [6, 6.07) is 14.9. The lowest BCUT2D eigenvalue weighted by molar-refractivity contribution is 0.0428.